The maximum absolute atomic E-state index is 3.71. The maximum atomic E-state index is 3.71. The van der Waals surface area contributed by atoms with Gasteiger partial charge in [-0.05, 0) is 36.5 Å². The lowest BCUT2D eigenvalue weighted by molar-refractivity contribution is 0.212. The number of nitrogens with one attached hydrogen (secondary N) is 1. The van der Waals surface area contributed by atoms with Gasteiger partial charge >= 0.3 is 0 Å². The van der Waals surface area contributed by atoms with Gasteiger partial charge in [0, 0.05) is 12.6 Å². The monoisotopic (exact) mass is 197 g/mol. The van der Waals surface area contributed by atoms with Gasteiger partial charge in [-0.3, -0.25) is 0 Å². The normalized spacial score (nSPS) is 34.5. The molecule has 1 aliphatic rings. The first-order chi connectivity index (χ1) is 6.38. The zero-order chi connectivity index (χ0) is 10.8. The van der Waals surface area contributed by atoms with Gasteiger partial charge < -0.3 is 5.32 Å². The molecule has 84 valence electrons. The van der Waals surface area contributed by atoms with E-state index >= 15 is 0 Å². The van der Waals surface area contributed by atoms with Crippen molar-refractivity contribution in [2.24, 2.45) is 17.3 Å². The van der Waals surface area contributed by atoms with Gasteiger partial charge in [0.15, 0.2) is 0 Å². The van der Waals surface area contributed by atoms with Crippen LogP contribution in [0, 0.1) is 17.3 Å². The summed E-state index contributed by atoms with van der Waals surface area (Å²) in [7, 11) is 0. The highest BCUT2D eigenvalue weighted by Gasteiger charge is 2.24. The highest BCUT2D eigenvalue weighted by atomic mass is 14.9. The molecule has 0 heterocycles. The van der Waals surface area contributed by atoms with Gasteiger partial charge in [-0.1, -0.05) is 34.6 Å². The molecule has 0 amide bonds. The summed E-state index contributed by atoms with van der Waals surface area (Å²) in [5.74, 6) is 1.84. The predicted octanol–water partition coefficient (Wildman–Crippen LogP) is 3.45. The van der Waals surface area contributed by atoms with Gasteiger partial charge in [-0.25, -0.2) is 0 Å². The van der Waals surface area contributed by atoms with Crippen molar-refractivity contribution in [2.45, 2.75) is 59.9 Å². The Morgan fingerprint density at radius 1 is 1.07 bits per heavy atom. The van der Waals surface area contributed by atoms with Gasteiger partial charge in [0.2, 0.25) is 0 Å². The van der Waals surface area contributed by atoms with Crippen molar-refractivity contribution in [2.75, 3.05) is 6.54 Å². The number of hydrogen-bond donors (Lipinski definition) is 1. The largest absolute Gasteiger partial charge is 0.313 e. The highest BCUT2D eigenvalue weighted by Crippen LogP contribution is 2.29. The molecule has 0 bridgehead atoms. The van der Waals surface area contributed by atoms with Crippen LogP contribution < -0.4 is 5.32 Å². The van der Waals surface area contributed by atoms with Crippen molar-refractivity contribution in [3.05, 3.63) is 0 Å². The molecular weight excluding hydrogens is 170 g/mol. The summed E-state index contributed by atoms with van der Waals surface area (Å²) < 4.78 is 0. The average Bonchev–Trinajstić information content (AvgIpc) is 2.06. The van der Waals surface area contributed by atoms with E-state index in [0.29, 0.717) is 5.41 Å². The van der Waals surface area contributed by atoms with Gasteiger partial charge in [-0.2, -0.15) is 0 Å². The molecule has 0 radical (unpaired) electrons. The van der Waals surface area contributed by atoms with Crippen molar-refractivity contribution in [1.29, 1.82) is 0 Å². The van der Waals surface area contributed by atoms with E-state index in [0.717, 1.165) is 24.4 Å². The summed E-state index contributed by atoms with van der Waals surface area (Å²) in [6.45, 7) is 12.8. The van der Waals surface area contributed by atoms with Crippen molar-refractivity contribution in [3.8, 4) is 0 Å². The fraction of sp³-hybridized carbons (Fsp3) is 1.00. The van der Waals surface area contributed by atoms with Crippen LogP contribution in [0.4, 0.5) is 0 Å². The molecule has 14 heavy (non-hydrogen) atoms. The van der Waals surface area contributed by atoms with E-state index in [1.807, 2.05) is 0 Å². The van der Waals surface area contributed by atoms with Crippen LogP contribution in [0.2, 0.25) is 0 Å². The first kappa shape index (κ1) is 12.0. The Kier molecular flexibility index (Phi) is 4.00. The minimum Gasteiger partial charge on any atom is -0.313 e. The molecule has 0 aromatic heterocycles. The van der Waals surface area contributed by atoms with E-state index in [-0.39, 0.29) is 0 Å². The Morgan fingerprint density at radius 2 is 1.71 bits per heavy atom. The van der Waals surface area contributed by atoms with Crippen LogP contribution in [0.3, 0.4) is 0 Å². The molecule has 1 fully saturated rings. The van der Waals surface area contributed by atoms with Gasteiger partial charge in [0.25, 0.3) is 0 Å². The summed E-state index contributed by atoms with van der Waals surface area (Å²) in [6.07, 6.45) is 4.15. The summed E-state index contributed by atoms with van der Waals surface area (Å²) in [5.41, 5.74) is 0.423. The van der Waals surface area contributed by atoms with E-state index < -0.39 is 0 Å². The molecule has 1 saturated carbocycles. The lowest BCUT2D eigenvalue weighted by Crippen LogP contribution is -2.40. The summed E-state index contributed by atoms with van der Waals surface area (Å²) in [4.78, 5) is 0. The fourth-order valence-electron chi connectivity index (χ4n) is 2.18. The third kappa shape index (κ3) is 4.00. The molecule has 1 nitrogen and oxygen atoms in total. The topological polar surface area (TPSA) is 12.0 Å². The van der Waals surface area contributed by atoms with Crippen LogP contribution in [-0.2, 0) is 0 Å². The number of hydrogen-bond acceptors (Lipinski definition) is 1. The SMILES string of the molecule is CC1CCC(NCC(C)(C)C)CC1C. The molecule has 0 aromatic rings. The van der Waals surface area contributed by atoms with Crippen molar-refractivity contribution in [1.82, 2.24) is 5.32 Å². The van der Waals surface area contributed by atoms with Crippen molar-refractivity contribution in [3.63, 3.8) is 0 Å². The summed E-state index contributed by atoms with van der Waals surface area (Å²) in [6, 6.07) is 0.778. The molecule has 1 rings (SSSR count). The minimum atomic E-state index is 0.423. The first-order valence-electron chi connectivity index (χ1n) is 6.12. The molecule has 3 atom stereocenters. The van der Waals surface area contributed by atoms with Crippen LogP contribution >= 0.6 is 0 Å². The van der Waals surface area contributed by atoms with Crippen LogP contribution in [0.25, 0.3) is 0 Å². The van der Waals surface area contributed by atoms with E-state index in [1.165, 1.54) is 19.3 Å². The lowest BCUT2D eigenvalue weighted by Gasteiger charge is -2.34. The molecule has 1 heteroatoms. The quantitative estimate of drug-likeness (QED) is 0.715. The van der Waals surface area contributed by atoms with E-state index in [2.05, 4.69) is 39.9 Å². The Hall–Kier alpha value is -0.0400. The van der Waals surface area contributed by atoms with Crippen molar-refractivity contribution >= 4 is 0 Å². The summed E-state index contributed by atoms with van der Waals surface area (Å²) in [5, 5.41) is 3.71. The summed E-state index contributed by atoms with van der Waals surface area (Å²) >= 11 is 0. The zero-order valence-corrected chi connectivity index (χ0v) is 10.6. The van der Waals surface area contributed by atoms with Gasteiger partial charge in [0.1, 0.15) is 0 Å². The van der Waals surface area contributed by atoms with Crippen LogP contribution in [-0.4, -0.2) is 12.6 Å². The van der Waals surface area contributed by atoms with E-state index in [4.69, 9.17) is 0 Å². The predicted molar refractivity (Wildman–Crippen MR) is 63.4 cm³/mol. The molecule has 0 saturated heterocycles. The molecule has 1 N–H and O–H groups in total. The third-order valence-electron chi connectivity index (χ3n) is 3.52. The Morgan fingerprint density at radius 3 is 2.21 bits per heavy atom. The second-order valence-electron chi connectivity index (χ2n) is 6.41. The molecule has 0 spiro atoms. The molecular formula is C13H27N. The molecule has 0 aromatic carbocycles. The second kappa shape index (κ2) is 4.65. The van der Waals surface area contributed by atoms with E-state index in [1.54, 1.807) is 0 Å². The lowest BCUT2D eigenvalue weighted by atomic mass is 9.79. The van der Waals surface area contributed by atoms with Crippen LogP contribution in [0.5, 0.6) is 0 Å². The Balaban J connectivity index is 2.27. The Labute approximate surface area is 89.7 Å². The zero-order valence-electron chi connectivity index (χ0n) is 10.6. The fourth-order valence-corrected chi connectivity index (χ4v) is 2.18. The van der Waals surface area contributed by atoms with E-state index in [9.17, 15) is 0 Å². The third-order valence-corrected chi connectivity index (χ3v) is 3.52. The van der Waals surface area contributed by atoms with Crippen LogP contribution in [0.15, 0.2) is 0 Å². The standard InChI is InChI=1S/C13H27N/c1-10-6-7-12(8-11(10)2)14-9-13(3,4)5/h10-12,14H,6-9H2,1-5H3. The van der Waals surface area contributed by atoms with Gasteiger partial charge in [0.05, 0.1) is 0 Å². The number of rotatable bonds is 2. The molecule has 0 aliphatic heterocycles. The van der Waals surface area contributed by atoms with Crippen LogP contribution in [0.1, 0.15) is 53.9 Å². The second-order valence-corrected chi connectivity index (χ2v) is 6.41. The molecule has 1 aliphatic carbocycles. The highest BCUT2D eigenvalue weighted by molar-refractivity contribution is 4.81. The average molecular weight is 197 g/mol. The molecule has 3 unspecified atom stereocenters. The maximum Gasteiger partial charge on any atom is 0.00700 e. The minimum absolute atomic E-state index is 0.423. The van der Waals surface area contributed by atoms with Crippen molar-refractivity contribution < 1.29 is 0 Å². The first-order valence-corrected chi connectivity index (χ1v) is 6.12. The van der Waals surface area contributed by atoms with Gasteiger partial charge in [-0.15, -0.1) is 0 Å². The smallest absolute Gasteiger partial charge is 0.00700 e. The Bertz CT molecular complexity index is 169.